The molecule has 0 fully saturated rings. The first-order chi connectivity index (χ1) is 17.0. The standard InChI is InChI=1S/C32H33N2OP/c1-31(2,3)28-19-16-23-12-13-24-20-25(21-33-29(24)30(23)34-28)22-14-17-27(18-15-22)36(35,32(4,5)6)26-10-8-7-9-11-26/h7-21H,1-6H3. The number of aromatic nitrogens is 2. The molecular formula is C32H33N2OP. The molecule has 0 bridgehead atoms. The van der Waals surface area contributed by atoms with Crippen LogP contribution < -0.4 is 10.6 Å². The van der Waals surface area contributed by atoms with Gasteiger partial charge in [0.25, 0.3) is 0 Å². The maximum absolute atomic E-state index is 14.5. The number of rotatable bonds is 3. The summed E-state index contributed by atoms with van der Waals surface area (Å²) in [5.41, 5.74) is 4.98. The Morgan fingerprint density at radius 3 is 1.89 bits per heavy atom. The molecule has 0 saturated carbocycles. The van der Waals surface area contributed by atoms with Gasteiger partial charge >= 0.3 is 0 Å². The summed E-state index contributed by atoms with van der Waals surface area (Å²) in [6.45, 7) is 12.7. The molecule has 0 N–H and O–H groups in total. The summed E-state index contributed by atoms with van der Waals surface area (Å²) in [6.07, 6.45) is 1.92. The minimum absolute atomic E-state index is 0.0235. The monoisotopic (exact) mass is 492 g/mol. The van der Waals surface area contributed by atoms with Crippen molar-refractivity contribution < 1.29 is 4.57 Å². The van der Waals surface area contributed by atoms with E-state index >= 15 is 0 Å². The quantitative estimate of drug-likeness (QED) is 0.190. The van der Waals surface area contributed by atoms with Crippen molar-refractivity contribution in [3.05, 3.63) is 96.8 Å². The van der Waals surface area contributed by atoms with Crippen molar-refractivity contribution in [2.75, 3.05) is 0 Å². The van der Waals surface area contributed by atoms with Gasteiger partial charge in [0.1, 0.15) is 7.14 Å². The van der Waals surface area contributed by atoms with Crippen LogP contribution in [-0.2, 0) is 9.98 Å². The second-order valence-corrected chi connectivity index (χ2v) is 15.1. The lowest BCUT2D eigenvalue weighted by atomic mass is 9.91. The largest absolute Gasteiger partial charge is 0.313 e. The van der Waals surface area contributed by atoms with E-state index in [4.69, 9.17) is 9.97 Å². The third-order valence-corrected chi connectivity index (χ3v) is 10.8. The Hall–Kier alpha value is -3.29. The highest BCUT2D eigenvalue weighted by Crippen LogP contribution is 2.55. The lowest BCUT2D eigenvalue weighted by Gasteiger charge is -2.32. The molecule has 0 amide bonds. The van der Waals surface area contributed by atoms with Gasteiger partial charge in [-0.15, -0.1) is 0 Å². The molecule has 0 aliphatic rings. The molecule has 1 atom stereocenters. The van der Waals surface area contributed by atoms with Crippen molar-refractivity contribution >= 4 is 39.6 Å². The lowest BCUT2D eigenvalue weighted by molar-refractivity contribution is 0.564. The minimum Gasteiger partial charge on any atom is -0.313 e. The van der Waals surface area contributed by atoms with E-state index in [9.17, 15) is 4.57 Å². The van der Waals surface area contributed by atoms with Crippen molar-refractivity contribution in [2.45, 2.75) is 52.1 Å². The van der Waals surface area contributed by atoms with Gasteiger partial charge in [0.05, 0.1) is 11.0 Å². The molecule has 0 aliphatic heterocycles. The summed E-state index contributed by atoms with van der Waals surface area (Å²) in [5.74, 6) is 0. The Labute approximate surface area is 214 Å². The molecule has 0 spiro atoms. The van der Waals surface area contributed by atoms with Crippen LogP contribution in [0.15, 0.2) is 91.1 Å². The second kappa shape index (κ2) is 8.68. The summed E-state index contributed by atoms with van der Waals surface area (Å²) in [6, 6.07) is 28.7. The maximum atomic E-state index is 14.5. The number of fused-ring (bicyclic) bond motifs is 3. The molecule has 5 rings (SSSR count). The second-order valence-electron chi connectivity index (χ2n) is 11.5. The first-order valence-corrected chi connectivity index (χ1v) is 14.2. The molecule has 0 saturated heterocycles. The van der Waals surface area contributed by atoms with Gasteiger partial charge in [-0.05, 0) is 17.7 Å². The minimum atomic E-state index is -2.83. The molecule has 4 heteroatoms. The number of hydrogen-bond acceptors (Lipinski definition) is 3. The van der Waals surface area contributed by atoms with E-state index in [2.05, 4.69) is 84.0 Å². The number of nitrogens with zero attached hydrogens (tertiary/aromatic N) is 2. The number of pyridine rings is 2. The van der Waals surface area contributed by atoms with Gasteiger partial charge in [-0.1, -0.05) is 114 Å². The van der Waals surface area contributed by atoms with E-state index in [-0.39, 0.29) is 10.6 Å². The van der Waals surface area contributed by atoms with Gasteiger partial charge < -0.3 is 4.57 Å². The molecule has 36 heavy (non-hydrogen) atoms. The van der Waals surface area contributed by atoms with Crippen LogP contribution in [-0.4, -0.2) is 15.1 Å². The summed E-state index contributed by atoms with van der Waals surface area (Å²) in [4.78, 5) is 9.82. The molecule has 2 heterocycles. The Morgan fingerprint density at radius 2 is 1.25 bits per heavy atom. The molecular weight excluding hydrogens is 459 g/mol. The molecule has 3 aromatic carbocycles. The fourth-order valence-electron chi connectivity index (χ4n) is 4.78. The average Bonchev–Trinajstić information content (AvgIpc) is 2.87. The zero-order valence-electron chi connectivity index (χ0n) is 21.9. The zero-order chi connectivity index (χ0) is 25.7. The lowest BCUT2D eigenvalue weighted by Crippen LogP contribution is -2.30. The molecule has 1 unspecified atom stereocenters. The summed E-state index contributed by atoms with van der Waals surface area (Å²) < 4.78 is 14.5. The first kappa shape index (κ1) is 24.4. The predicted octanol–water partition coefficient (Wildman–Crippen LogP) is 7.86. The van der Waals surface area contributed by atoms with E-state index in [1.165, 1.54) is 0 Å². The Balaban J connectivity index is 1.57. The highest BCUT2D eigenvalue weighted by Gasteiger charge is 2.39. The smallest absolute Gasteiger partial charge is 0.148 e. The van der Waals surface area contributed by atoms with Crippen LogP contribution in [0.1, 0.15) is 47.2 Å². The number of hydrogen-bond donors (Lipinski definition) is 0. The van der Waals surface area contributed by atoms with Crippen molar-refractivity contribution in [1.29, 1.82) is 0 Å². The van der Waals surface area contributed by atoms with Crippen molar-refractivity contribution in [2.24, 2.45) is 0 Å². The SMILES string of the molecule is CC(C)(C)c1ccc2ccc3cc(-c4ccc(P(=O)(c5ccccc5)C(C)(C)C)cc4)cnc3c2n1. The van der Waals surface area contributed by atoms with E-state index < -0.39 is 7.14 Å². The molecule has 182 valence electrons. The van der Waals surface area contributed by atoms with Gasteiger partial charge in [0.15, 0.2) is 0 Å². The Morgan fingerprint density at radius 1 is 0.639 bits per heavy atom. The molecule has 0 radical (unpaired) electrons. The van der Waals surface area contributed by atoms with E-state index in [0.29, 0.717) is 0 Å². The summed E-state index contributed by atoms with van der Waals surface area (Å²) >= 11 is 0. The van der Waals surface area contributed by atoms with Crippen LogP contribution in [0, 0.1) is 0 Å². The van der Waals surface area contributed by atoms with Crippen LogP contribution >= 0.6 is 7.14 Å². The summed E-state index contributed by atoms with van der Waals surface area (Å²) in [7, 11) is -2.83. The van der Waals surface area contributed by atoms with E-state index in [1.807, 2.05) is 48.7 Å². The Bertz CT molecular complexity index is 1610. The van der Waals surface area contributed by atoms with Crippen LogP contribution in [0.3, 0.4) is 0 Å². The van der Waals surface area contributed by atoms with Crippen LogP contribution in [0.2, 0.25) is 0 Å². The van der Waals surface area contributed by atoms with Gasteiger partial charge in [-0.3, -0.25) is 4.98 Å². The molecule has 5 aromatic rings. The molecule has 0 aliphatic carbocycles. The first-order valence-electron chi connectivity index (χ1n) is 12.5. The third kappa shape index (κ3) is 4.16. The maximum Gasteiger partial charge on any atom is 0.148 e. The normalized spacial score (nSPS) is 14.2. The zero-order valence-corrected chi connectivity index (χ0v) is 22.8. The third-order valence-electron chi connectivity index (χ3n) is 6.91. The van der Waals surface area contributed by atoms with Crippen LogP contribution in [0.25, 0.3) is 32.9 Å². The van der Waals surface area contributed by atoms with Crippen molar-refractivity contribution in [3.8, 4) is 11.1 Å². The van der Waals surface area contributed by atoms with Crippen molar-refractivity contribution in [3.63, 3.8) is 0 Å². The molecule has 3 nitrogen and oxygen atoms in total. The van der Waals surface area contributed by atoms with Gasteiger partial charge in [0, 0.05) is 49.4 Å². The fraction of sp³-hybridized carbons (Fsp3) is 0.250. The summed E-state index contributed by atoms with van der Waals surface area (Å²) in [5, 5.41) is 3.54. The molecule has 2 aromatic heterocycles. The van der Waals surface area contributed by atoms with Crippen LogP contribution in [0.5, 0.6) is 0 Å². The van der Waals surface area contributed by atoms with E-state index in [1.54, 1.807) is 0 Å². The predicted molar refractivity (Wildman–Crippen MR) is 154 cm³/mol. The van der Waals surface area contributed by atoms with Crippen LogP contribution in [0.4, 0.5) is 0 Å². The average molecular weight is 493 g/mol. The van der Waals surface area contributed by atoms with E-state index in [0.717, 1.165) is 49.2 Å². The highest BCUT2D eigenvalue weighted by atomic mass is 31.2. The van der Waals surface area contributed by atoms with Crippen molar-refractivity contribution in [1.82, 2.24) is 9.97 Å². The van der Waals surface area contributed by atoms with Gasteiger partial charge in [0.2, 0.25) is 0 Å². The fourth-order valence-corrected chi connectivity index (χ4v) is 7.79. The van der Waals surface area contributed by atoms with Gasteiger partial charge in [-0.2, -0.15) is 0 Å². The number of benzene rings is 3. The highest BCUT2D eigenvalue weighted by molar-refractivity contribution is 7.80. The Kier molecular flexibility index (Phi) is 5.88. The topological polar surface area (TPSA) is 42.9 Å². The van der Waals surface area contributed by atoms with Gasteiger partial charge in [-0.25, -0.2) is 4.98 Å².